The van der Waals surface area contributed by atoms with Gasteiger partial charge in [0.05, 0.1) is 11.6 Å². The summed E-state index contributed by atoms with van der Waals surface area (Å²) >= 11 is 3.41. The van der Waals surface area contributed by atoms with Gasteiger partial charge in [0, 0.05) is 11.3 Å². The molecule has 3 aromatic carbocycles. The topological polar surface area (TPSA) is 38.3 Å². The van der Waals surface area contributed by atoms with E-state index in [2.05, 4.69) is 57.6 Å². The lowest BCUT2D eigenvalue weighted by atomic mass is 10.1. The Morgan fingerprint density at radius 1 is 1.00 bits per heavy atom. The lowest BCUT2D eigenvalue weighted by molar-refractivity contribution is 0.102. The van der Waals surface area contributed by atoms with Gasteiger partial charge < -0.3 is 10.1 Å². The standard InChI is InChI=1S/C21H16BrNO2/c1-25-20-9-6-14(12-19(20)22)21(24)23-16-7-8-18-15(11-16)10-13-4-2-3-5-17(13)18/h2-9,11-12H,10H2,1H3,(H,23,24). The molecule has 0 heterocycles. The summed E-state index contributed by atoms with van der Waals surface area (Å²) in [6, 6.07) is 19.8. The fraction of sp³-hybridized carbons (Fsp3) is 0.0952. The van der Waals surface area contributed by atoms with Gasteiger partial charge in [0.15, 0.2) is 0 Å². The van der Waals surface area contributed by atoms with Crippen molar-refractivity contribution in [2.45, 2.75) is 6.42 Å². The molecule has 0 aromatic heterocycles. The van der Waals surface area contributed by atoms with Crippen molar-refractivity contribution in [2.24, 2.45) is 0 Å². The van der Waals surface area contributed by atoms with E-state index in [4.69, 9.17) is 4.74 Å². The van der Waals surface area contributed by atoms with Crippen LogP contribution in [0.15, 0.2) is 65.1 Å². The fourth-order valence-electron chi connectivity index (χ4n) is 3.23. The van der Waals surface area contributed by atoms with E-state index in [1.807, 2.05) is 6.07 Å². The molecule has 0 fully saturated rings. The van der Waals surface area contributed by atoms with Crippen LogP contribution in [0.25, 0.3) is 11.1 Å². The second kappa shape index (κ2) is 6.37. The number of ether oxygens (including phenoxy) is 1. The van der Waals surface area contributed by atoms with E-state index < -0.39 is 0 Å². The highest BCUT2D eigenvalue weighted by molar-refractivity contribution is 9.10. The molecule has 3 nitrogen and oxygen atoms in total. The Bertz CT molecular complexity index is 981. The first-order valence-electron chi connectivity index (χ1n) is 8.02. The van der Waals surface area contributed by atoms with Gasteiger partial charge in [-0.1, -0.05) is 30.3 Å². The lowest BCUT2D eigenvalue weighted by Crippen LogP contribution is -2.12. The summed E-state index contributed by atoms with van der Waals surface area (Å²) in [4.78, 5) is 12.5. The van der Waals surface area contributed by atoms with Gasteiger partial charge in [0.2, 0.25) is 0 Å². The van der Waals surface area contributed by atoms with Crippen molar-refractivity contribution >= 4 is 27.5 Å². The third-order valence-corrected chi connectivity index (χ3v) is 5.09. The average molecular weight is 394 g/mol. The predicted octanol–water partition coefficient (Wildman–Crippen LogP) is 5.28. The molecule has 0 unspecified atom stereocenters. The molecule has 0 aliphatic heterocycles. The van der Waals surface area contributed by atoms with Crippen LogP contribution >= 0.6 is 15.9 Å². The van der Waals surface area contributed by atoms with Crippen molar-refractivity contribution < 1.29 is 9.53 Å². The van der Waals surface area contributed by atoms with Crippen LogP contribution in [0.2, 0.25) is 0 Å². The third kappa shape index (κ3) is 2.94. The van der Waals surface area contributed by atoms with Crippen LogP contribution in [0, 0.1) is 0 Å². The number of halogens is 1. The van der Waals surface area contributed by atoms with Gasteiger partial charge in [-0.15, -0.1) is 0 Å². The predicted molar refractivity (Wildman–Crippen MR) is 103 cm³/mol. The van der Waals surface area contributed by atoms with Crippen molar-refractivity contribution in [3.05, 3.63) is 81.8 Å². The maximum absolute atomic E-state index is 12.5. The van der Waals surface area contributed by atoms with Crippen LogP contribution in [0.4, 0.5) is 5.69 Å². The fourth-order valence-corrected chi connectivity index (χ4v) is 3.77. The van der Waals surface area contributed by atoms with Crippen LogP contribution in [0.5, 0.6) is 5.75 Å². The van der Waals surface area contributed by atoms with Crippen molar-refractivity contribution in [3.8, 4) is 16.9 Å². The Kier molecular flexibility index (Phi) is 4.06. The zero-order chi connectivity index (χ0) is 17.4. The second-order valence-electron chi connectivity index (χ2n) is 6.01. The SMILES string of the molecule is COc1ccc(C(=O)Nc2ccc3c(c2)Cc2ccccc2-3)cc1Br. The number of benzene rings is 3. The first-order chi connectivity index (χ1) is 12.2. The van der Waals surface area contributed by atoms with Crippen LogP contribution in [0.3, 0.4) is 0 Å². The lowest BCUT2D eigenvalue weighted by Gasteiger charge is -2.09. The number of nitrogens with one attached hydrogen (secondary N) is 1. The molecule has 4 heteroatoms. The highest BCUT2D eigenvalue weighted by atomic mass is 79.9. The maximum Gasteiger partial charge on any atom is 0.255 e. The highest BCUT2D eigenvalue weighted by Gasteiger charge is 2.18. The number of hydrogen-bond donors (Lipinski definition) is 1. The summed E-state index contributed by atoms with van der Waals surface area (Å²) in [6.45, 7) is 0. The normalized spacial score (nSPS) is 11.6. The Morgan fingerprint density at radius 2 is 1.80 bits per heavy atom. The first kappa shape index (κ1) is 15.9. The summed E-state index contributed by atoms with van der Waals surface area (Å²) in [7, 11) is 1.60. The Morgan fingerprint density at radius 3 is 2.60 bits per heavy atom. The van der Waals surface area contributed by atoms with E-state index in [0.29, 0.717) is 11.3 Å². The van der Waals surface area contributed by atoms with Crippen LogP contribution in [-0.2, 0) is 6.42 Å². The van der Waals surface area contributed by atoms with Gasteiger partial charge in [-0.25, -0.2) is 0 Å². The van der Waals surface area contributed by atoms with E-state index >= 15 is 0 Å². The summed E-state index contributed by atoms with van der Waals surface area (Å²) in [6.07, 6.45) is 0.906. The number of hydrogen-bond acceptors (Lipinski definition) is 2. The average Bonchev–Trinajstić information content (AvgIpc) is 2.99. The molecule has 0 radical (unpaired) electrons. The minimum Gasteiger partial charge on any atom is -0.496 e. The molecule has 0 spiro atoms. The van der Waals surface area contributed by atoms with E-state index in [1.165, 1.54) is 22.3 Å². The number of methoxy groups -OCH3 is 1. The van der Waals surface area contributed by atoms with Gasteiger partial charge in [-0.3, -0.25) is 4.79 Å². The molecule has 0 bridgehead atoms. The summed E-state index contributed by atoms with van der Waals surface area (Å²) in [5, 5.41) is 2.98. The van der Waals surface area contributed by atoms with E-state index in [-0.39, 0.29) is 5.91 Å². The molecule has 0 saturated carbocycles. The van der Waals surface area contributed by atoms with Gasteiger partial charge >= 0.3 is 0 Å². The second-order valence-corrected chi connectivity index (χ2v) is 6.86. The number of rotatable bonds is 3. The molecule has 1 amide bonds. The summed E-state index contributed by atoms with van der Waals surface area (Å²) in [5.74, 6) is 0.561. The molecular formula is C21H16BrNO2. The Balaban J connectivity index is 1.57. The zero-order valence-corrected chi connectivity index (χ0v) is 15.3. The van der Waals surface area contributed by atoms with E-state index in [0.717, 1.165) is 16.6 Å². The number of amides is 1. The van der Waals surface area contributed by atoms with Gasteiger partial charge in [-0.05, 0) is 74.9 Å². The number of carbonyl (C=O) groups is 1. The third-order valence-electron chi connectivity index (χ3n) is 4.47. The minimum atomic E-state index is -0.140. The molecule has 124 valence electrons. The molecule has 0 saturated heterocycles. The molecule has 1 N–H and O–H groups in total. The molecule has 1 aliphatic carbocycles. The molecule has 0 atom stereocenters. The van der Waals surface area contributed by atoms with E-state index in [1.54, 1.807) is 25.3 Å². The molecule has 1 aliphatic rings. The van der Waals surface area contributed by atoms with Crippen molar-refractivity contribution in [3.63, 3.8) is 0 Å². The highest BCUT2D eigenvalue weighted by Crippen LogP contribution is 2.37. The van der Waals surface area contributed by atoms with Crippen LogP contribution in [0.1, 0.15) is 21.5 Å². The van der Waals surface area contributed by atoms with Gasteiger partial charge in [0.25, 0.3) is 5.91 Å². The summed E-state index contributed by atoms with van der Waals surface area (Å²) in [5.41, 5.74) is 6.50. The molecule has 4 rings (SSSR count). The molecule has 3 aromatic rings. The first-order valence-corrected chi connectivity index (χ1v) is 8.81. The Labute approximate surface area is 154 Å². The number of fused-ring (bicyclic) bond motifs is 3. The van der Waals surface area contributed by atoms with Gasteiger partial charge in [-0.2, -0.15) is 0 Å². The number of carbonyl (C=O) groups excluding carboxylic acids is 1. The van der Waals surface area contributed by atoms with Gasteiger partial charge in [0.1, 0.15) is 5.75 Å². The molecular weight excluding hydrogens is 378 g/mol. The quantitative estimate of drug-likeness (QED) is 0.513. The monoisotopic (exact) mass is 393 g/mol. The van der Waals surface area contributed by atoms with Crippen molar-refractivity contribution in [2.75, 3.05) is 12.4 Å². The number of anilines is 1. The maximum atomic E-state index is 12.5. The minimum absolute atomic E-state index is 0.140. The zero-order valence-electron chi connectivity index (χ0n) is 13.7. The van der Waals surface area contributed by atoms with Crippen molar-refractivity contribution in [1.29, 1.82) is 0 Å². The smallest absolute Gasteiger partial charge is 0.255 e. The largest absolute Gasteiger partial charge is 0.496 e. The Hall–Kier alpha value is -2.59. The van der Waals surface area contributed by atoms with Crippen LogP contribution < -0.4 is 10.1 Å². The van der Waals surface area contributed by atoms with E-state index in [9.17, 15) is 4.79 Å². The van der Waals surface area contributed by atoms with Crippen LogP contribution in [-0.4, -0.2) is 13.0 Å². The summed E-state index contributed by atoms with van der Waals surface area (Å²) < 4.78 is 5.96. The molecule has 25 heavy (non-hydrogen) atoms. The van der Waals surface area contributed by atoms with Crippen molar-refractivity contribution in [1.82, 2.24) is 0 Å².